The number of aliphatic hydroxyl groups is 1. The molecule has 0 aliphatic heterocycles. The van der Waals surface area contributed by atoms with E-state index in [1.54, 1.807) is 12.3 Å². The molecule has 19 heavy (non-hydrogen) atoms. The molecule has 1 amide bonds. The molecule has 1 saturated carbocycles. The molecule has 0 spiro atoms. The normalized spacial score (nSPS) is 23.4. The van der Waals surface area contributed by atoms with Crippen LogP contribution in [-0.2, 0) is 4.79 Å². The Labute approximate surface area is 113 Å². The Morgan fingerprint density at radius 2 is 2.37 bits per heavy atom. The summed E-state index contributed by atoms with van der Waals surface area (Å²) in [5, 5.41) is 12.4. The molecule has 1 aromatic rings. The molecule has 2 N–H and O–H groups in total. The summed E-state index contributed by atoms with van der Waals surface area (Å²) >= 11 is 0. The molecule has 1 aliphatic rings. The van der Waals surface area contributed by atoms with Crippen LogP contribution in [0.5, 0.6) is 0 Å². The summed E-state index contributed by atoms with van der Waals surface area (Å²) < 4.78 is 0. The molecule has 4 nitrogen and oxygen atoms in total. The van der Waals surface area contributed by atoms with E-state index in [-0.39, 0.29) is 12.0 Å². The van der Waals surface area contributed by atoms with Crippen molar-refractivity contribution in [2.24, 2.45) is 5.92 Å². The molecule has 0 saturated heterocycles. The Kier molecular flexibility index (Phi) is 5.10. The standard InChI is InChI=1S/C15H20N2O2/c18-14-6-3-4-12(10-14)11-17-15(19)8-7-13-5-1-2-9-16-13/h1-2,5,7-9,12,14,18H,3-4,6,10-11H2,(H,17,19)/b8-7+. The fourth-order valence-electron chi connectivity index (χ4n) is 2.39. The fraction of sp³-hybridized carbons (Fsp3) is 0.467. The van der Waals surface area contributed by atoms with E-state index in [1.165, 1.54) is 6.08 Å². The van der Waals surface area contributed by atoms with Crippen molar-refractivity contribution >= 4 is 12.0 Å². The number of carbonyl (C=O) groups is 1. The van der Waals surface area contributed by atoms with Crippen molar-refractivity contribution in [1.82, 2.24) is 10.3 Å². The van der Waals surface area contributed by atoms with Gasteiger partial charge in [0.25, 0.3) is 0 Å². The lowest BCUT2D eigenvalue weighted by Crippen LogP contribution is -2.32. The number of nitrogens with one attached hydrogen (secondary N) is 1. The summed E-state index contributed by atoms with van der Waals surface area (Å²) in [6.45, 7) is 0.641. The van der Waals surface area contributed by atoms with Crippen LogP contribution >= 0.6 is 0 Å². The van der Waals surface area contributed by atoms with Crippen LogP contribution < -0.4 is 5.32 Å². The molecular formula is C15H20N2O2. The zero-order chi connectivity index (χ0) is 13.5. The number of hydrogen-bond donors (Lipinski definition) is 2. The highest BCUT2D eigenvalue weighted by molar-refractivity contribution is 5.91. The smallest absolute Gasteiger partial charge is 0.244 e. The van der Waals surface area contributed by atoms with Gasteiger partial charge >= 0.3 is 0 Å². The van der Waals surface area contributed by atoms with Crippen molar-refractivity contribution in [2.75, 3.05) is 6.54 Å². The van der Waals surface area contributed by atoms with Gasteiger partial charge in [-0.1, -0.05) is 12.5 Å². The van der Waals surface area contributed by atoms with E-state index in [0.717, 1.165) is 31.4 Å². The predicted octanol–water partition coefficient (Wildman–Crippen LogP) is 1.76. The second-order valence-electron chi connectivity index (χ2n) is 5.02. The average molecular weight is 260 g/mol. The van der Waals surface area contributed by atoms with Crippen LogP contribution in [0.1, 0.15) is 31.4 Å². The van der Waals surface area contributed by atoms with Gasteiger partial charge in [0.2, 0.25) is 5.91 Å². The zero-order valence-corrected chi connectivity index (χ0v) is 11.0. The van der Waals surface area contributed by atoms with Crippen LogP contribution in [0.3, 0.4) is 0 Å². The van der Waals surface area contributed by atoms with Gasteiger partial charge in [-0.25, -0.2) is 0 Å². The first-order valence-corrected chi connectivity index (χ1v) is 6.79. The average Bonchev–Trinajstić information content (AvgIpc) is 2.44. The molecule has 4 heteroatoms. The number of aromatic nitrogens is 1. The summed E-state index contributed by atoms with van der Waals surface area (Å²) in [6.07, 6.45) is 8.52. The second kappa shape index (κ2) is 7.04. The number of amides is 1. The van der Waals surface area contributed by atoms with Crippen LogP contribution in [0.2, 0.25) is 0 Å². The van der Waals surface area contributed by atoms with E-state index in [9.17, 15) is 9.90 Å². The van der Waals surface area contributed by atoms with Gasteiger partial charge in [-0.05, 0) is 43.4 Å². The van der Waals surface area contributed by atoms with E-state index in [2.05, 4.69) is 10.3 Å². The molecule has 2 unspecified atom stereocenters. The quantitative estimate of drug-likeness (QED) is 0.811. The second-order valence-corrected chi connectivity index (χ2v) is 5.02. The third kappa shape index (κ3) is 4.83. The largest absolute Gasteiger partial charge is 0.393 e. The molecule has 102 valence electrons. The summed E-state index contributed by atoms with van der Waals surface area (Å²) in [6, 6.07) is 5.57. The van der Waals surface area contributed by atoms with E-state index >= 15 is 0 Å². The Balaban J connectivity index is 1.74. The highest BCUT2D eigenvalue weighted by Gasteiger charge is 2.19. The molecular weight excluding hydrogens is 240 g/mol. The summed E-state index contributed by atoms with van der Waals surface area (Å²) in [4.78, 5) is 15.8. The zero-order valence-electron chi connectivity index (χ0n) is 11.0. The van der Waals surface area contributed by atoms with E-state index in [0.29, 0.717) is 12.5 Å². The lowest BCUT2D eigenvalue weighted by atomic mass is 9.87. The minimum Gasteiger partial charge on any atom is -0.393 e. The number of rotatable bonds is 4. The van der Waals surface area contributed by atoms with Gasteiger partial charge in [-0.3, -0.25) is 9.78 Å². The number of hydrogen-bond acceptors (Lipinski definition) is 3. The maximum atomic E-state index is 11.7. The molecule has 1 aromatic heterocycles. The van der Waals surface area contributed by atoms with Crippen LogP contribution in [0.25, 0.3) is 6.08 Å². The van der Waals surface area contributed by atoms with Gasteiger partial charge in [0.1, 0.15) is 0 Å². The van der Waals surface area contributed by atoms with Gasteiger partial charge in [0, 0.05) is 18.8 Å². The van der Waals surface area contributed by atoms with Gasteiger partial charge < -0.3 is 10.4 Å². The van der Waals surface area contributed by atoms with Crippen LogP contribution in [-0.4, -0.2) is 28.6 Å². The summed E-state index contributed by atoms with van der Waals surface area (Å²) in [5.41, 5.74) is 0.769. The molecule has 2 atom stereocenters. The van der Waals surface area contributed by atoms with Gasteiger partial charge in [0.15, 0.2) is 0 Å². The van der Waals surface area contributed by atoms with Crippen molar-refractivity contribution in [2.45, 2.75) is 31.8 Å². The number of aliphatic hydroxyl groups excluding tert-OH is 1. The third-order valence-electron chi connectivity index (χ3n) is 3.41. The first kappa shape index (κ1) is 13.7. The van der Waals surface area contributed by atoms with Gasteiger partial charge in [0.05, 0.1) is 11.8 Å². The molecule has 1 heterocycles. The molecule has 0 aromatic carbocycles. The molecule has 1 aliphatic carbocycles. The first-order valence-electron chi connectivity index (χ1n) is 6.79. The van der Waals surface area contributed by atoms with E-state index in [1.807, 2.05) is 18.2 Å². The van der Waals surface area contributed by atoms with Crippen molar-refractivity contribution in [1.29, 1.82) is 0 Å². The first-order chi connectivity index (χ1) is 9.24. The van der Waals surface area contributed by atoms with Gasteiger partial charge in [-0.2, -0.15) is 0 Å². The van der Waals surface area contributed by atoms with Crippen molar-refractivity contribution in [3.8, 4) is 0 Å². The van der Waals surface area contributed by atoms with Crippen LogP contribution in [0, 0.1) is 5.92 Å². The monoisotopic (exact) mass is 260 g/mol. The molecule has 0 radical (unpaired) electrons. The van der Waals surface area contributed by atoms with Crippen molar-refractivity contribution < 1.29 is 9.90 Å². The minimum absolute atomic E-state index is 0.106. The Bertz CT molecular complexity index is 431. The molecule has 0 bridgehead atoms. The number of nitrogens with zero attached hydrogens (tertiary/aromatic N) is 1. The van der Waals surface area contributed by atoms with Crippen LogP contribution in [0.15, 0.2) is 30.5 Å². The Hall–Kier alpha value is -1.68. The number of pyridine rings is 1. The highest BCUT2D eigenvalue weighted by atomic mass is 16.3. The Morgan fingerprint density at radius 3 is 3.11 bits per heavy atom. The van der Waals surface area contributed by atoms with Crippen molar-refractivity contribution in [3.05, 3.63) is 36.2 Å². The maximum Gasteiger partial charge on any atom is 0.244 e. The third-order valence-corrected chi connectivity index (χ3v) is 3.41. The van der Waals surface area contributed by atoms with E-state index < -0.39 is 0 Å². The highest BCUT2D eigenvalue weighted by Crippen LogP contribution is 2.23. The summed E-state index contributed by atoms with van der Waals surface area (Å²) in [5.74, 6) is 0.293. The van der Waals surface area contributed by atoms with Crippen molar-refractivity contribution in [3.63, 3.8) is 0 Å². The van der Waals surface area contributed by atoms with Gasteiger partial charge in [-0.15, -0.1) is 0 Å². The molecule has 2 rings (SSSR count). The predicted molar refractivity (Wildman–Crippen MR) is 74.2 cm³/mol. The SMILES string of the molecule is O=C(/C=C/c1ccccn1)NCC1CCCC(O)C1. The number of carbonyl (C=O) groups excluding carboxylic acids is 1. The maximum absolute atomic E-state index is 11.7. The lowest BCUT2D eigenvalue weighted by Gasteiger charge is -2.25. The fourth-order valence-corrected chi connectivity index (χ4v) is 2.39. The van der Waals surface area contributed by atoms with Crippen LogP contribution in [0.4, 0.5) is 0 Å². The lowest BCUT2D eigenvalue weighted by molar-refractivity contribution is -0.116. The Morgan fingerprint density at radius 1 is 1.47 bits per heavy atom. The topological polar surface area (TPSA) is 62.2 Å². The van der Waals surface area contributed by atoms with E-state index in [4.69, 9.17) is 0 Å². The molecule has 1 fully saturated rings. The minimum atomic E-state index is -0.195. The summed E-state index contributed by atoms with van der Waals surface area (Å²) in [7, 11) is 0.